The third-order valence-corrected chi connectivity index (χ3v) is 7.75. The fourth-order valence-electron chi connectivity index (χ4n) is 5.68. The minimum Gasteiger partial charge on any atom is -0.504 e. The van der Waals surface area contributed by atoms with Crippen molar-refractivity contribution in [3.63, 3.8) is 0 Å². The van der Waals surface area contributed by atoms with Crippen molar-refractivity contribution in [2.75, 3.05) is 31.7 Å². The van der Waals surface area contributed by atoms with Crippen LogP contribution in [0.15, 0.2) is 41.2 Å². The molecule has 0 saturated carbocycles. The molecule has 1 aliphatic carbocycles. The van der Waals surface area contributed by atoms with Gasteiger partial charge in [-0.1, -0.05) is 17.9 Å². The number of hydrogen-bond donors (Lipinski definition) is 2. The average molecular weight is 514 g/mol. The predicted octanol–water partition coefficient (Wildman–Crippen LogP) is 3.10. The lowest BCUT2D eigenvalue weighted by Crippen LogP contribution is -2.45. The smallest absolute Gasteiger partial charge is 0.260 e. The van der Waals surface area contributed by atoms with Crippen molar-refractivity contribution in [1.29, 1.82) is 5.26 Å². The fraction of sp³-hybridized carbons (Fsp3) is 0.345. The highest BCUT2D eigenvalue weighted by atomic mass is 19.1. The van der Waals surface area contributed by atoms with E-state index in [1.165, 1.54) is 23.8 Å². The van der Waals surface area contributed by atoms with Gasteiger partial charge in [-0.05, 0) is 67.0 Å². The van der Waals surface area contributed by atoms with E-state index in [4.69, 9.17) is 15.7 Å². The van der Waals surface area contributed by atoms with Crippen LogP contribution >= 0.6 is 0 Å². The second kappa shape index (κ2) is 9.94. The molecule has 1 fully saturated rings. The number of fused-ring (bicyclic) bond motifs is 1. The molecule has 1 saturated heterocycles. The van der Waals surface area contributed by atoms with Crippen LogP contribution in [-0.4, -0.2) is 41.5 Å². The first kappa shape index (κ1) is 25.5. The second-order valence-electron chi connectivity index (χ2n) is 9.89. The van der Waals surface area contributed by atoms with Crippen LogP contribution < -0.4 is 16.2 Å². The van der Waals surface area contributed by atoms with Gasteiger partial charge >= 0.3 is 0 Å². The Hall–Kier alpha value is -4.18. The lowest BCUT2D eigenvalue weighted by molar-refractivity contribution is 0.187. The largest absolute Gasteiger partial charge is 0.504 e. The van der Waals surface area contributed by atoms with Crippen LogP contribution in [0.3, 0.4) is 0 Å². The topological polar surface area (TPSA) is 117 Å². The summed E-state index contributed by atoms with van der Waals surface area (Å²) in [5.41, 5.74) is 9.25. The molecule has 2 aromatic carbocycles. The van der Waals surface area contributed by atoms with Crippen molar-refractivity contribution in [2.24, 2.45) is 11.1 Å². The molecule has 0 radical (unpaired) electrons. The normalized spacial score (nSPS) is 17.6. The Morgan fingerprint density at radius 3 is 2.71 bits per heavy atom. The summed E-state index contributed by atoms with van der Waals surface area (Å²) in [6.07, 6.45) is 2.59. The SMILES string of the molecule is COCC#Cc1ccc2c(c1)[C@@H](N)C1(CCN(c3cc(=O)n(-c4ccc(C#N)c(O)c4F)c(C)n3)CC1)C2. The summed E-state index contributed by atoms with van der Waals surface area (Å²) < 4.78 is 20.9. The molecule has 194 valence electrons. The molecule has 0 unspecified atom stereocenters. The average Bonchev–Trinajstić information content (AvgIpc) is 3.17. The Labute approximate surface area is 220 Å². The van der Waals surface area contributed by atoms with Crippen LogP contribution in [0.25, 0.3) is 5.69 Å². The highest BCUT2D eigenvalue weighted by Crippen LogP contribution is 2.51. The van der Waals surface area contributed by atoms with Crippen LogP contribution in [0.1, 0.15) is 47.0 Å². The van der Waals surface area contributed by atoms with Gasteiger partial charge in [0, 0.05) is 37.9 Å². The number of nitrogens with two attached hydrogens (primary N) is 1. The van der Waals surface area contributed by atoms with Gasteiger partial charge in [-0.25, -0.2) is 9.37 Å². The van der Waals surface area contributed by atoms with Gasteiger partial charge in [0.25, 0.3) is 5.56 Å². The highest BCUT2D eigenvalue weighted by molar-refractivity contribution is 5.52. The number of methoxy groups -OCH3 is 1. The molecular weight excluding hydrogens is 485 g/mol. The number of nitriles is 1. The summed E-state index contributed by atoms with van der Waals surface area (Å²) in [5.74, 6) is 5.09. The van der Waals surface area contributed by atoms with E-state index in [2.05, 4.69) is 33.9 Å². The summed E-state index contributed by atoms with van der Waals surface area (Å²) >= 11 is 0. The lowest BCUT2D eigenvalue weighted by Gasteiger charge is -2.42. The number of piperidine rings is 1. The number of aromatic hydroxyl groups is 1. The second-order valence-corrected chi connectivity index (χ2v) is 9.89. The van der Waals surface area contributed by atoms with E-state index in [0.29, 0.717) is 25.5 Å². The van der Waals surface area contributed by atoms with Crippen molar-refractivity contribution in [2.45, 2.75) is 32.2 Å². The number of rotatable bonds is 3. The van der Waals surface area contributed by atoms with E-state index >= 15 is 0 Å². The summed E-state index contributed by atoms with van der Waals surface area (Å²) in [7, 11) is 1.62. The number of halogens is 1. The highest BCUT2D eigenvalue weighted by Gasteiger charge is 2.46. The monoisotopic (exact) mass is 513 g/mol. The van der Waals surface area contributed by atoms with E-state index < -0.39 is 17.1 Å². The number of hydrogen-bond acceptors (Lipinski definition) is 7. The zero-order valence-electron chi connectivity index (χ0n) is 21.3. The standard InChI is InChI=1S/C29H28FN5O3/c1-18-33-24(15-25(36)35(18)23-8-7-21(17-31)27(37)26(23)30)34-11-9-29(10-12-34)16-20-6-5-19(4-3-13-38-2)14-22(20)28(29)32/h5-8,14-15,28,37H,9-13,16,32H2,1-2H3/t28-/m1/s1. The van der Waals surface area contributed by atoms with Crippen molar-refractivity contribution < 1.29 is 14.2 Å². The predicted molar refractivity (Wildman–Crippen MR) is 141 cm³/mol. The quantitative estimate of drug-likeness (QED) is 0.517. The Morgan fingerprint density at radius 1 is 1.26 bits per heavy atom. The molecule has 2 aliphatic rings. The van der Waals surface area contributed by atoms with E-state index in [1.54, 1.807) is 20.1 Å². The van der Waals surface area contributed by atoms with Gasteiger partial charge < -0.3 is 20.5 Å². The summed E-state index contributed by atoms with van der Waals surface area (Å²) in [6.45, 7) is 3.36. The summed E-state index contributed by atoms with van der Waals surface area (Å²) in [4.78, 5) is 19.7. The van der Waals surface area contributed by atoms with Gasteiger partial charge in [0.15, 0.2) is 11.6 Å². The molecular formula is C29H28FN5O3. The van der Waals surface area contributed by atoms with Gasteiger partial charge in [0.1, 0.15) is 24.3 Å². The lowest BCUT2D eigenvalue weighted by atomic mass is 9.73. The molecule has 3 aromatic rings. The van der Waals surface area contributed by atoms with Crippen LogP contribution in [0.5, 0.6) is 5.75 Å². The zero-order chi connectivity index (χ0) is 27.0. The van der Waals surface area contributed by atoms with Gasteiger partial charge in [-0.3, -0.25) is 9.36 Å². The number of benzene rings is 2. The molecule has 5 rings (SSSR count). The summed E-state index contributed by atoms with van der Waals surface area (Å²) in [5, 5.41) is 19.0. The van der Waals surface area contributed by atoms with Crippen molar-refractivity contribution in [3.05, 3.63) is 80.6 Å². The minimum atomic E-state index is -1.04. The Kier molecular flexibility index (Phi) is 6.66. The third kappa shape index (κ3) is 4.30. The van der Waals surface area contributed by atoms with Crippen LogP contribution in [0.2, 0.25) is 0 Å². The Balaban J connectivity index is 1.35. The number of ether oxygens (including phenoxy) is 1. The van der Waals surface area contributed by atoms with E-state index in [1.807, 2.05) is 6.07 Å². The molecule has 2 heterocycles. The van der Waals surface area contributed by atoms with Gasteiger partial charge in [-0.2, -0.15) is 5.26 Å². The van der Waals surface area contributed by atoms with Crippen LogP contribution in [0, 0.1) is 41.3 Å². The Bertz CT molecular complexity index is 1570. The van der Waals surface area contributed by atoms with Crippen LogP contribution in [-0.2, 0) is 11.2 Å². The van der Waals surface area contributed by atoms with Crippen LogP contribution in [0.4, 0.5) is 10.2 Å². The molecule has 3 N–H and O–H groups in total. The minimum absolute atomic E-state index is 0.0649. The molecule has 1 atom stereocenters. The molecule has 0 bridgehead atoms. The molecule has 8 nitrogen and oxygen atoms in total. The molecule has 9 heteroatoms. The number of phenolic OH excluding ortho intramolecular Hbond substituents is 1. The fourth-order valence-corrected chi connectivity index (χ4v) is 5.68. The number of phenols is 1. The summed E-state index contributed by atoms with van der Waals surface area (Å²) in [6, 6.07) is 11.8. The van der Waals surface area contributed by atoms with E-state index in [9.17, 15) is 14.3 Å². The maximum atomic E-state index is 14.7. The number of aryl methyl sites for hydroxylation is 1. The number of anilines is 1. The van der Waals surface area contributed by atoms with E-state index in [-0.39, 0.29) is 28.5 Å². The molecule has 1 aliphatic heterocycles. The van der Waals surface area contributed by atoms with Gasteiger partial charge in [-0.15, -0.1) is 0 Å². The third-order valence-electron chi connectivity index (χ3n) is 7.75. The first-order valence-electron chi connectivity index (χ1n) is 12.4. The van der Waals surface area contributed by atoms with E-state index in [0.717, 1.165) is 35.0 Å². The first-order chi connectivity index (χ1) is 18.3. The maximum absolute atomic E-state index is 14.7. The first-order valence-corrected chi connectivity index (χ1v) is 12.4. The maximum Gasteiger partial charge on any atom is 0.260 e. The van der Waals surface area contributed by atoms with Crippen molar-refractivity contribution >= 4 is 5.82 Å². The number of nitrogens with zero attached hydrogens (tertiary/aromatic N) is 4. The van der Waals surface area contributed by atoms with Crippen molar-refractivity contribution in [3.8, 4) is 29.3 Å². The van der Waals surface area contributed by atoms with Gasteiger partial charge in [0.05, 0.1) is 11.3 Å². The molecule has 38 heavy (non-hydrogen) atoms. The van der Waals surface area contributed by atoms with Gasteiger partial charge in [0.2, 0.25) is 0 Å². The van der Waals surface area contributed by atoms with Crippen molar-refractivity contribution in [1.82, 2.24) is 9.55 Å². The number of aromatic nitrogens is 2. The molecule has 1 spiro atoms. The molecule has 0 amide bonds. The molecule has 1 aromatic heterocycles. The zero-order valence-corrected chi connectivity index (χ0v) is 21.3. The Morgan fingerprint density at radius 2 is 2.03 bits per heavy atom.